The van der Waals surface area contributed by atoms with E-state index in [1.807, 2.05) is 17.6 Å². The van der Waals surface area contributed by atoms with Crippen LogP contribution >= 0.6 is 11.3 Å². The Hall–Kier alpha value is -1.19. The molecule has 3 heterocycles. The molecule has 1 saturated heterocycles. The van der Waals surface area contributed by atoms with Crippen LogP contribution in [0.15, 0.2) is 6.20 Å². The van der Waals surface area contributed by atoms with Gasteiger partial charge in [0.2, 0.25) is 20.1 Å². The average Bonchev–Trinajstić information content (AvgIpc) is 3.05. The van der Waals surface area contributed by atoms with Gasteiger partial charge in [-0.2, -0.15) is 0 Å². The highest BCUT2D eigenvalue weighted by Gasteiger charge is 2.28. The van der Waals surface area contributed by atoms with Gasteiger partial charge >= 0.3 is 0 Å². The molecule has 0 aromatic carbocycles. The minimum Gasteiger partial charge on any atom is -0.357 e. The molecule has 2 aromatic heterocycles. The number of anilines is 1. The molecule has 9 heteroatoms. The Balaban J connectivity index is 1.61. The summed E-state index contributed by atoms with van der Waals surface area (Å²) in [6.07, 6.45) is 4.25. The number of imidazole rings is 1. The second-order valence-electron chi connectivity index (χ2n) is 7.64. The van der Waals surface area contributed by atoms with Crippen LogP contribution in [0.3, 0.4) is 0 Å². The second kappa shape index (κ2) is 6.85. The SMILES string of the molecule is CCCS(=O)(=O)N1CCC(Nc2nn3cc(C(C)(C)C)nc3s2)CC1. The second-order valence-corrected chi connectivity index (χ2v) is 10.7. The first-order chi connectivity index (χ1) is 11.7. The first-order valence-electron chi connectivity index (χ1n) is 8.80. The van der Waals surface area contributed by atoms with Gasteiger partial charge in [0.05, 0.1) is 17.6 Å². The van der Waals surface area contributed by atoms with E-state index in [4.69, 9.17) is 0 Å². The zero-order chi connectivity index (χ0) is 18.2. The van der Waals surface area contributed by atoms with Gasteiger partial charge < -0.3 is 5.32 Å². The largest absolute Gasteiger partial charge is 0.357 e. The number of hydrogen-bond acceptors (Lipinski definition) is 6. The summed E-state index contributed by atoms with van der Waals surface area (Å²) in [5.41, 5.74) is 1.05. The standard InChI is InChI=1S/C16H27N5O2S2/c1-5-10-25(22,23)20-8-6-12(7-9-20)17-14-19-21-11-13(16(2,3)4)18-15(21)24-14/h11-12H,5-10H2,1-4H3,(H,17,19). The van der Waals surface area contributed by atoms with Crippen LogP contribution in [0.2, 0.25) is 0 Å². The topological polar surface area (TPSA) is 79.6 Å². The van der Waals surface area contributed by atoms with Crippen molar-refractivity contribution >= 4 is 31.5 Å². The van der Waals surface area contributed by atoms with Gasteiger partial charge in [0.25, 0.3) is 0 Å². The van der Waals surface area contributed by atoms with Crippen LogP contribution in [0.1, 0.15) is 52.7 Å². The van der Waals surface area contributed by atoms with Crippen molar-refractivity contribution in [3.63, 3.8) is 0 Å². The summed E-state index contributed by atoms with van der Waals surface area (Å²) < 4.78 is 27.7. The van der Waals surface area contributed by atoms with Crippen molar-refractivity contribution < 1.29 is 8.42 Å². The quantitative estimate of drug-likeness (QED) is 0.856. The lowest BCUT2D eigenvalue weighted by Gasteiger charge is -2.31. The molecular weight excluding hydrogens is 358 g/mol. The first kappa shape index (κ1) is 18.6. The molecule has 1 fully saturated rings. The molecule has 0 bridgehead atoms. The third-order valence-electron chi connectivity index (χ3n) is 4.45. The Morgan fingerprint density at radius 2 is 2.00 bits per heavy atom. The molecule has 1 aliphatic heterocycles. The van der Waals surface area contributed by atoms with Gasteiger partial charge in [-0.3, -0.25) is 0 Å². The van der Waals surface area contributed by atoms with Gasteiger partial charge in [0.15, 0.2) is 0 Å². The number of hydrogen-bond donors (Lipinski definition) is 1. The molecule has 0 atom stereocenters. The van der Waals surface area contributed by atoms with Crippen molar-refractivity contribution in [1.82, 2.24) is 18.9 Å². The van der Waals surface area contributed by atoms with E-state index in [0.717, 1.165) is 28.6 Å². The summed E-state index contributed by atoms with van der Waals surface area (Å²) >= 11 is 1.54. The Labute approximate surface area is 153 Å². The van der Waals surface area contributed by atoms with Crippen molar-refractivity contribution in [2.45, 2.75) is 58.4 Å². The highest BCUT2D eigenvalue weighted by molar-refractivity contribution is 7.89. The molecule has 140 valence electrons. The summed E-state index contributed by atoms with van der Waals surface area (Å²) in [4.78, 5) is 5.54. The Bertz CT molecular complexity index is 795. The van der Waals surface area contributed by atoms with E-state index < -0.39 is 10.0 Å². The summed E-state index contributed by atoms with van der Waals surface area (Å²) in [6.45, 7) is 9.47. The van der Waals surface area contributed by atoms with Crippen LogP contribution in [-0.2, 0) is 15.4 Å². The van der Waals surface area contributed by atoms with E-state index in [0.29, 0.717) is 19.5 Å². The Morgan fingerprint density at radius 3 is 2.56 bits per heavy atom. The van der Waals surface area contributed by atoms with Crippen LogP contribution in [0, 0.1) is 0 Å². The zero-order valence-corrected chi connectivity index (χ0v) is 17.0. The number of sulfonamides is 1. The normalized spacial score (nSPS) is 18.1. The van der Waals surface area contributed by atoms with Crippen LogP contribution in [-0.4, -0.2) is 52.2 Å². The number of piperidine rings is 1. The fraction of sp³-hybridized carbons (Fsp3) is 0.750. The van der Waals surface area contributed by atoms with E-state index in [9.17, 15) is 8.42 Å². The lowest BCUT2D eigenvalue weighted by Crippen LogP contribution is -2.43. The Morgan fingerprint density at radius 1 is 1.32 bits per heavy atom. The molecule has 2 aromatic rings. The lowest BCUT2D eigenvalue weighted by atomic mass is 9.93. The third kappa shape index (κ3) is 4.15. The van der Waals surface area contributed by atoms with E-state index in [-0.39, 0.29) is 17.2 Å². The third-order valence-corrected chi connectivity index (χ3v) is 7.38. The van der Waals surface area contributed by atoms with E-state index in [1.54, 1.807) is 15.6 Å². The van der Waals surface area contributed by atoms with Crippen LogP contribution in [0.4, 0.5) is 5.13 Å². The molecule has 0 saturated carbocycles. The van der Waals surface area contributed by atoms with Gasteiger partial charge in [-0.05, 0) is 19.3 Å². The smallest absolute Gasteiger partial charge is 0.214 e. The molecule has 0 radical (unpaired) electrons. The average molecular weight is 386 g/mol. The molecule has 0 spiro atoms. The molecular formula is C16H27N5O2S2. The highest BCUT2D eigenvalue weighted by atomic mass is 32.2. The van der Waals surface area contributed by atoms with Crippen molar-refractivity contribution in [3.05, 3.63) is 11.9 Å². The molecule has 0 unspecified atom stereocenters. The molecule has 0 amide bonds. The van der Waals surface area contributed by atoms with E-state index in [1.165, 1.54) is 0 Å². The number of nitrogens with one attached hydrogen (secondary N) is 1. The lowest BCUT2D eigenvalue weighted by molar-refractivity contribution is 0.329. The van der Waals surface area contributed by atoms with Gasteiger partial charge in [0.1, 0.15) is 0 Å². The number of rotatable bonds is 5. The molecule has 25 heavy (non-hydrogen) atoms. The van der Waals surface area contributed by atoms with Crippen LogP contribution in [0.25, 0.3) is 4.96 Å². The number of nitrogens with zero attached hydrogens (tertiary/aromatic N) is 4. The van der Waals surface area contributed by atoms with E-state index in [2.05, 4.69) is 36.2 Å². The van der Waals surface area contributed by atoms with Crippen LogP contribution < -0.4 is 5.32 Å². The predicted molar refractivity (Wildman–Crippen MR) is 102 cm³/mol. The summed E-state index contributed by atoms with van der Waals surface area (Å²) in [5, 5.41) is 8.86. The molecule has 0 aliphatic carbocycles. The summed E-state index contributed by atoms with van der Waals surface area (Å²) in [7, 11) is -3.08. The number of aromatic nitrogens is 3. The Kier molecular flexibility index (Phi) is 5.09. The fourth-order valence-electron chi connectivity index (χ4n) is 2.96. The molecule has 3 rings (SSSR count). The summed E-state index contributed by atoms with van der Waals surface area (Å²) in [5.74, 6) is 0.241. The van der Waals surface area contributed by atoms with Gasteiger partial charge in [-0.15, -0.1) is 5.10 Å². The minimum absolute atomic E-state index is 0.0117. The van der Waals surface area contributed by atoms with Crippen molar-refractivity contribution in [3.8, 4) is 0 Å². The van der Waals surface area contributed by atoms with Gasteiger partial charge in [0, 0.05) is 24.5 Å². The van der Waals surface area contributed by atoms with Crippen molar-refractivity contribution in [2.75, 3.05) is 24.2 Å². The highest BCUT2D eigenvalue weighted by Crippen LogP contribution is 2.27. The van der Waals surface area contributed by atoms with Crippen molar-refractivity contribution in [2.24, 2.45) is 0 Å². The van der Waals surface area contributed by atoms with Crippen molar-refractivity contribution in [1.29, 1.82) is 0 Å². The minimum atomic E-state index is -3.08. The van der Waals surface area contributed by atoms with E-state index >= 15 is 0 Å². The maximum absolute atomic E-state index is 12.1. The maximum atomic E-state index is 12.1. The summed E-state index contributed by atoms with van der Waals surface area (Å²) in [6, 6.07) is 0.256. The zero-order valence-electron chi connectivity index (χ0n) is 15.3. The molecule has 7 nitrogen and oxygen atoms in total. The fourth-order valence-corrected chi connectivity index (χ4v) is 5.36. The van der Waals surface area contributed by atoms with Gasteiger partial charge in [-0.1, -0.05) is 39.0 Å². The van der Waals surface area contributed by atoms with Crippen LogP contribution in [0.5, 0.6) is 0 Å². The maximum Gasteiger partial charge on any atom is 0.214 e. The predicted octanol–water partition coefficient (Wildman–Crippen LogP) is 2.70. The molecule has 1 aliphatic rings. The number of fused-ring (bicyclic) bond motifs is 1. The molecule has 1 N–H and O–H groups in total. The monoisotopic (exact) mass is 385 g/mol. The van der Waals surface area contributed by atoms with Gasteiger partial charge in [-0.25, -0.2) is 22.2 Å². The first-order valence-corrected chi connectivity index (χ1v) is 11.2.